The molecule has 3 aliphatic rings. The summed E-state index contributed by atoms with van der Waals surface area (Å²) in [7, 11) is -1.48. The van der Waals surface area contributed by atoms with Crippen LogP contribution in [-0.2, 0) is 27.7 Å². The average molecular weight is 521 g/mol. The minimum Gasteiger partial charge on any atom is -0.480 e. The maximum absolute atomic E-state index is 13.4. The smallest absolute Gasteiger partial charge is 0.324 e. The molecule has 0 unspecified atom stereocenters. The number of benzene rings is 1. The van der Waals surface area contributed by atoms with Crippen molar-refractivity contribution in [3.05, 3.63) is 29.3 Å². The van der Waals surface area contributed by atoms with Gasteiger partial charge in [0, 0.05) is 44.0 Å². The van der Waals surface area contributed by atoms with Crippen molar-refractivity contribution in [2.24, 2.45) is 0 Å². The predicted octanol–water partition coefficient (Wildman–Crippen LogP) is 2.79. The van der Waals surface area contributed by atoms with Crippen LogP contribution in [0.4, 0.5) is 10.5 Å². The van der Waals surface area contributed by atoms with E-state index in [1.807, 2.05) is 16.7 Å². The molecule has 9 nitrogen and oxygen atoms in total. The molecule has 0 atom stereocenters. The van der Waals surface area contributed by atoms with Gasteiger partial charge < -0.3 is 14.9 Å². The van der Waals surface area contributed by atoms with Gasteiger partial charge in [-0.15, -0.1) is 0 Å². The van der Waals surface area contributed by atoms with Crippen molar-refractivity contribution in [2.75, 3.05) is 50.4 Å². The Bertz CT molecular complexity index is 1050. The highest BCUT2D eigenvalue weighted by Gasteiger charge is 2.39. The predicted molar refractivity (Wildman–Crippen MR) is 140 cm³/mol. The summed E-state index contributed by atoms with van der Waals surface area (Å²) in [5.74, 6) is -1.15. The summed E-state index contributed by atoms with van der Waals surface area (Å²) in [5.41, 5.74) is 3.64. The van der Waals surface area contributed by atoms with Gasteiger partial charge in [-0.2, -0.15) is 4.31 Å². The summed E-state index contributed by atoms with van der Waals surface area (Å²) in [6, 6.07) is 6.16. The summed E-state index contributed by atoms with van der Waals surface area (Å²) in [4.78, 5) is 30.9. The molecule has 1 saturated heterocycles. The molecule has 2 amide bonds. The molecule has 0 bridgehead atoms. The highest BCUT2D eigenvalue weighted by atomic mass is 32.2. The van der Waals surface area contributed by atoms with E-state index >= 15 is 0 Å². The van der Waals surface area contributed by atoms with Gasteiger partial charge in [-0.1, -0.05) is 19.4 Å². The van der Waals surface area contributed by atoms with Crippen LogP contribution >= 0.6 is 0 Å². The highest BCUT2D eigenvalue weighted by Crippen LogP contribution is 2.32. The van der Waals surface area contributed by atoms with Gasteiger partial charge in [-0.05, 0) is 75.3 Å². The first-order valence-electron chi connectivity index (χ1n) is 13.3. The number of fused-ring (bicyclic) bond motifs is 1. The molecule has 200 valence electrons. The number of sulfonamides is 1. The minimum atomic E-state index is -3.62. The van der Waals surface area contributed by atoms with Gasteiger partial charge in [0.2, 0.25) is 10.0 Å². The number of urea groups is 1. The third-order valence-electron chi connectivity index (χ3n) is 7.99. The fourth-order valence-corrected chi connectivity index (χ4v) is 7.67. The van der Waals surface area contributed by atoms with Gasteiger partial charge in [-0.3, -0.25) is 9.69 Å². The van der Waals surface area contributed by atoms with Crippen LogP contribution in [0.15, 0.2) is 18.2 Å². The van der Waals surface area contributed by atoms with Crippen molar-refractivity contribution in [1.82, 2.24) is 14.1 Å². The summed E-state index contributed by atoms with van der Waals surface area (Å²) < 4.78 is 26.9. The Morgan fingerprint density at radius 3 is 2.42 bits per heavy atom. The molecule has 2 aliphatic heterocycles. The number of carbonyl (C=O) groups is 2. The highest BCUT2D eigenvalue weighted by molar-refractivity contribution is 7.89. The van der Waals surface area contributed by atoms with Gasteiger partial charge in [0.1, 0.15) is 6.54 Å². The van der Waals surface area contributed by atoms with Crippen LogP contribution in [0.25, 0.3) is 0 Å². The SMILES string of the molecule is CCCCS(=O)(=O)N(CC(=O)O)C1CCC(N2CCN(c3ccc4c(c3)CCN(C)CC4)C2=O)CC1. The van der Waals surface area contributed by atoms with Crippen LogP contribution in [0.2, 0.25) is 0 Å². The summed E-state index contributed by atoms with van der Waals surface area (Å²) >= 11 is 0. The van der Waals surface area contributed by atoms with Gasteiger partial charge in [0.15, 0.2) is 0 Å². The Kier molecular flexibility index (Phi) is 8.57. The molecule has 36 heavy (non-hydrogen) atoms. The molecule has 2 heterocycles. The van der Waals surface area contributed by atoms with Crippen LogP contribution in [0.3, 0.4) is 0 Å². The molecule has 4 rings (SSSR count). The number of carbonyl (C=O) groups excluding carboxylic acids is 1. The standard InChI is InChI=1S/C26H40N4O5S/c1-3-4-17-36(34,35)30(19-25(31)32)23-9-7-22(8-10-23)28-15-16-29(26(28)33)24-6-5-20-11-13-27(2)14-12-21(20)18-24/h5-6,18,22-23H,3-4,7-17,19H2,1-2H3,(H,31,32). The second-order valence-electron chi connectivity index (χ2n) is 10.5. The average Bonchev–Trinajstić information content (AvgIpc) is 3.14. The fraction of sp³-hybridized carbons (Fsp3) is 0.692. The maximum atomic E-state index is 13.4. The number of carboxylic acid groups (broad SMARTS) is 1. The number of anilines is 1. The van der Waals surface area contributed by atoms with Crippen molar-refractivity contribution in [2.45, 2.75) is 70.4 Å². The van der Waals surface area contributed by atoms with Crippen molar-refractivity contribution in [3.8, 4) is 0 Å². The Labute approximate surface area is 215 Å². The third-order valence-corrected chi connectivity index (χ3v) is 9.93. The number of hydrogen-bond acceptors (Lipinski definition) is 5. The van der Waals surface area contributed by atoms with Gasteiger partial charge in [0.25, 0.3) is 0 Å². The fourth-order valence-electron chi connectivity index (χ4n) is 5.81. The molecule has 0 spiro atoms. The minimum absolute atomic E-state index is 0.0158. The molecule has 1 aliphatic carbocycles. The first-order valence-corrected chi connectivity index (χ1v) is 14.9. The second kappa shape index (κ2) is 11.5. The summed E-state index contributed by atoms with van der Waals surface area (Å²) in [5, 5.41) is 9.34. The van der Waals surface area contributed by atoms with E-state index in [1.54, 1.807) is 0 Å². The normalized spacial score (nSPS) is 23.7. The zero-order valence-corrected chi connectivity index (χ0v) is 22.4. The van der Waals surface area contributed by atoms with E-state index in [-0.39, 0.29) is 23.9 Å². The zero-order chi connectivity index (χ0) is 25.9. The van der Waals surface area contributed by atoms with E-state index in [0.717, 1.165) is 38.0 Å². The Morgan fingerprint density at radius 2 is 1.75 bits per heavy atom. The Hall–Kier alpha value is -2.17. The van der Waals surface area contributed by atoms with Crippen molar-refractivity contribution >= 4 is 27.7 Å². The van der Waals surface area contributed by atoms with Crippen LogP contribution in [0, 0.1) is 0 Å². The third kappa shape index (κ3) is 6.03. The number of hydrogen-bond donors (Lipinski definition) is 1. The molecular weight excluding hydrogens is 480 g/mol. The lowest BCUT2D eigenvalue weighted by Gasteiger charge is -2.38. The quantitative estimate of drug-likeness (QED) is 0.537. The van der Waals surface area contributed by atoms with E-state index < -0.39 is 22.5 Å². The molecule has 10 heteroatoms. The number of amides is 2. The molecule has 0 aromatic heterocycles. The molecule has 1 saturated carbocycles. The number of unbranched alkanes of at least 4 members (excludes halogenated alkanes) is 1. The molecule has 0 radical (unpaired) electrons. The Balaban J connectivity index is 1.39. The Morgan fingerprint density at radius 1 is 1.06 bits per heavy atom. The lowest BCUT2D eigenvalue weighted by Crippen LogP contribution is -2.49. The number of aliphatic carboxylic acids is 1. The van der Waals surface area contributed by atoms with Crippen LogP contribution < -0.4 is 4.90 Å². The number of likely N-dealkylation sites (N-methyl/N-ethyl adjacent to an activating group) is 1. The van der Waals surface area contributed by atoms with E-state index in [9.17, 15) is 23.1 Å². The van der Waals surface area contributed by atoms with E-state index in [2.05, 4.69) is 30.1 Å². The molecule has 2 fully saturated rings. The zero-order valence-electron chi connectivity index (χ0n) is 21.6. The van der Waals surface area contributed by atoms with E-state index in [0.29, 0.717) is 45.2 Å². The van der Waals surface area contributed by atoms with Crippen molar-refractivity contribution in [1.29, 1.82) is 0 Å². The molecule has 1 aromatic rings. The lowest BCUT2D eigenvalue weighted by molar-refractivity contribution is -0.137. The van der Waals surface area contributed by atoms with Crippen molar-refractivity contribution in [3.63, 3.8) is 0 Å². The van der Waals surface area contributed by atoms with E-state index in [1.165, 1.54) is 15.4 Å². The van der Waals surface area contributed by atoms with Crippen LogP contribution in [0.1, 0.15) is 56.6 Å². The molecular formula is C26H40N4O5S. The topological polar surface area (TPSA) is 101 Å². The second-order valence-corrected chi connectivity index (χ2v) is 12.5. The summed E-state index contributed by atoms with van der Waals surface area (Å²) in [6.07, 6.45) is 5.78. The van der Waals surface area contributed by atoms with Crippen molar-refractivity contribution < 1.29 is 23.1 Å². The lowest BCUT2D eigenvalue weighted by atomic mass is 9.90. The maximum Gasteiger partial charge on any atom is 0.324 e. The van der Waals surface area contributed by atoms with Gasteiger partial charge in [-0.25, -0.2) is 13.2 Å². The van der Waals surface area contributed by atoms with Crippen LogP contribution in [0.5, 0.6) is 0 Å². The molecule has 1 N–H and O–H groups in total. The number of carboxylic acids is 1. The monoisotopic (exact) mass is 520 g/mol. The van der Waals surface area contributed by atoms with E-state index in [4.69, 9.17) is 0 Å². The van der Waals surface area contributed by atoms with Gasteiger partial charge in [0.05, 0.1) is 5.75 Å². The van der Waals surface area contributed by atoms with Crippen LogP contribution in [-0.4, -0.2) is 97.2 Å². The number of rotatable bonds is 9. The first kappa shape index (κ1) is 26.9. The largest absolute Gasteiger partial charge is 0.480 e. The van der Waals surface area contributed by atoms with Gasteiger partial charge >= 0.3 is 12.0 Å². The summed E-state index contributed by atoms with van der Waals surface area (Å²) in [6.45, 7) is 4.80. The number of nitrogens with zero attached hydrogens (tertiary/aromatic N) is 4. The first-order chi connectivity index (χ1) is 17.2. The molecule has 1 aromatic carbocycles.